The molecule has 2 aliphatic rings. The van der Waals surface area contributed by atoms with Gasteiger partial charge in [-0.25, -0.2) is 4.68 Å². The Morgan fingerprint density at radius 1 is 1.09 bits per heavy atom. The molecule has 2 aromatic heterocycles. The summed E-state index contributed by atoms with van der Waals surface area (Å²) in [6, 6.07) is 5.09. The van der Waals surface area contributed by atoms with Gasteiger partial charge >= 0.3 is 0 Å². The van der Waals surface area contributed by atoms with E-state index < -0.39 is 0 Å². The van der Waals surface area contributed by atoms with Crippen molar-refractivity contribution in [2.75, 3.05) is 13.1 Å². The molecule has 4 rings (SSSR count). The van der Waals surface area contributed by atoms with E-state index in [0.29, 0.717) is 6.04 Å². The predicted octanol–water partition coefficient (Wildman–Crippen LogP) is 3.43. The predicted molar refractivity (Wildman–Crippen MR) is 86.9 cm³/mol. The fraction of sp³-hybridized carbons (Fsp3) is 0.688. The van der Waals surface area contributed by atoms with Crippen LogP contribution in [0.3, 0.4) is 0 Å². The summed E-state index contributed by atoms with van der Waals surface area (Å²) < 4.78 is 2.14. The Labute approximate surface area is 135 Å². The third-order valence-corrected chi connectivity index (χ3v) is 5.93. The molecule has 1 aliphatic carbocycles. The fourth-order valence-electron chi connectivity index (χ4n) is 3.88. The van der Waals surface area contributed by atoms with Crippen LogP contribution in [0.15, 0.2) is 17.5 Å². The molecule has 1 aliphatic heterocycles. The minimum Gasteiger partial charge on any atom is -0.289 e. The number of thiophene rings is 1. The average Bonchev–Trinajstić information content (AvgIpc) is 3.32. The van der Waals surface area contributed by atoms with Crippen LogP contribution in [-0.4, -0.2) is 38.2 Å². The van der Waals surface area contributed by atoms with Crippen molar-refractivity contribution < 1.29 is 0 Å². The normalized spacial score (nSPS) is 22.2. The van der Waals surface area contributed by atoms with Crippen LogP contribution in [0.2, 0.25) is 0 Å². The van der Waals surface area contributed by atoms with Gasteiger partial charge in [0.2, 0.25) is 0 Å². The zero-order valence-corrected chi connectivity index (χ0v) is 13.7. The van der Waals surface area contributed by atoms with E-state index in [1.165, 1.54) is 49.8 Å². The minimum atomic E-state index is 0.236. The van der Waals surface area contributed by atoms with Gasteiger partial charge in [-0.05, 0) is 60.6 Å². The van der Waals surface area contributed by atoms with Crippen LogP contribution in [-0.2, 0) is 0 Å². The second-order valence-electron chi connectivity index (χ2n) is 6.43. The number of hydrogen-bond acceptors (Lipinski definition) is 5. The van der Waals surface area contributed by atoms with E-state index in [0.717, 1.165) is 18.9 Å². The molecule has 0 bridgehead atoms. The summed E-state index contributed by atoms with van der Waals surface area (Å²) in [6.07, 6.45) is 8.97. The summed E-state index contributed by atoms with van der Waals surface area (Å²) in [7, 11) is 0. The zero-order chi connectivity index (χ0) is 14.8. The number of nitrogens with zero attached hydrogens (tertiary/aromatic N) is 5. The lowest BCUT2D eigenvalue weighted by molar-refractivity contribution is 0.247. The molecule has 0 radical (unpaired) electrons. The fourth-order valence-corrected chi connectivity index (χ4v) is 4.74. The molecule has 0 N–H and O–H groups in total. The van der Waals surface area contributed by atoms with E-state index >= 15 is 0 Å². The largest absolute Gasteiger partial charge is 0.289 e. The van der Waals surface area contributed by atoms with Gasteiger partial charge in [0.25, 0.3) is 0 Å². The van der Waals surface area contributed by atoms with E-state index in [-0.39, 0.29) is 6.04 Å². The van der Waals surface area contributed by atoms with Crippen LogP contribution in [0, 0.1) is 0 Å². The summed E-state index contributed by atoms with van der Waals surface area (Å²) >= 11 is 1.82. The molecule has 1 saturated carbocycles. The number of tetrazole rings is 1. The average molecular weight is 317 g/mol. The molecule has 0 unspecified atom stereocenters. The van der Waals surface area contributed by atoms with Crippen molar-refractivity contribution in [1.82, 2.24) is 25.1 Å². The molecular formula is C16H23N5S. The quantitative estimate of drug-likeness (QED) is 0.867. The highest BCUT2D eigenvalue weighted by Crippen LogP contribution is 2.36. The van der Waals surface area contributed by atoms with Gasteiger partial charge in [0.1, 0.15) is 6.04 Å². The number of likely N-dealkylation sites (tertiary alicyclic amines) is 1. The van der Waals surface area contributed by atoms with Crippen LogP contribution >= 0.6 is 11.3 Å². The topological polar surface area (TPSA) is 46.8 Å². The lowest BCUT2D eigenvalue weighted by atomic mass is 9.95. The Kier molecular flexibility index (Phi) is 4.21. The summed E-state index contributed by atoms with van der Waals surface area (Å²) in [5.41, 5.74) is 0. The highest BCUT2D eigenvalue weighted by Gasteiger charge is 2.32. The van der Waals surface area contributed by atoms with Gasteiger partial charge in [-0.3, -0.25) is 4.90 Å². The first-order valence-electron chi connectivity index (χ1n) is 8.49. The molecule has 6 heteroatoms. The molecular weight excluding hydrogens is 294 g/mol. The van der Waals surface area contributed by atoms with Crippen molar-refractivity contribution in [1.29, 1.82) is 0 Å². The van der Waals surface area contributed by atoms with E-state index in [1.54, 1.807) is 0 Å². The van der Waals surface area contributed by atoms with Gasteiger partial charge in [0.05, 0.1) is 6.04 Å². The SMILES string of the molecule is c1csc([C@H](c2nnnn2C2CCCCC2)N2CCCC2)c1. The standard InChI is InChI=1S/C16H23N5S/c1-2-7-13(8-3-1)21-16(17-18-19-21)15(14-9-6-12-22-14)20-10-4-5-11-20/h6,9,12-13,15H,1-5,7-8,10-11H2/t15-/m1/s1. The molecule has 118 valence electrons. The lowest BCUT2D eigenvalue weighted by Gasteiger charge is -2.29. The van der Waals surface area contributed by atoms with Crippen molar-refractivity contribution in [3.8, 4) is 0 Å². The maximum Gasteiger partial charge on any atom is 0.174 e. The third-order valence-electron chi connectivity index (χ3n) is 5.00. The Bertz CT molecular complexity index is 581. The van der Waals surface area contributed by atoms with E-state index in [4.69, 9.17) is 0 Å². The molecule has 2 aromatic rings. The first kappa shape index (κ1) is 14.3. The van der Waals surface area contributed by atoms with Crippen LogP contribution in [0.4, 0.5) is 0 Å². The monoisotopic (exact) mass is 317 g/mol. The van der Waals surface area contributed by atoms with Crippen molar-refractivity contribution >= 4 is 11.3 Å². The Balaban J connectivity index is 1.69. The summed E-state index contributed by atoms with van der Waals surface area (Å²) in [4.78, 5) is 3.92. The van der Waals surface area contributed by atoms with Gasteiger partial charge in [-0.2, -0.15) is 0 Å². The lowest BCUT2D eigenvalue weighted by Crippen LogP contribution is -2.30. The number of rotatable bonds is 4. The summed E-state index contributed by atoms with van der Waals surface area (Å²) in [6.45, 7) is 2.31. The molecule has 1 saturated heterocycles. The Morgan fingerprint density at radius 3 is 2.64 bits per heavy atom. The molecule has 3 heterocycles. The highest BCUT2D eigenvalue weighted by molar-refractivity contribution is 7.10. The van der Waals surface area contributed by atoms with Gasteiger partial charge in [0.15, 0.2) is 5.82 Å². The van der Waals surface area contributed by atoms with Crippen LogP contribution < -0.4 is 0 Å². The van der Waals surface area contributed by atoms with Crippen LogP contribution in [0.25, 0.3) is 0 Å². The van der Waals surface area contributed by atoms with Crippen molar-refractivity contribution in [2.45, 2.75) is 57.0 Å². The molecule has 22 heavy (non-hydrogen) atoms. The number of hydrogen-bond donors (Lipinski definition) is 0. The first-order valence-corrected chi connectivity index (χ1v) is 9.36. The van der Waals surface area contributed by atoms with Crippen molar-refractivity contribution in [2.24, 2.45) is 0 Å². The second-order valence-corrected chi connectivity index (χ2v) is 7.41. The maximum atomic E-state index is 4.46. The molecule has 0 spiro atoms. The van der Waals surface area contributed by atoms with Crippen LogP contribution in [0.5, 0.6) is 0 Å². The molecule has 2 fully saturated rings. The molecule has 1 atom stereocenters. The summed E-state index contributed by atoms with van der Waals surface area (Å²) in [5.74, 6) is 1.05. The zero-order valence-electron chi connectivity index (χ0n) is 12.9. The molecule has 5 nitrogen and oxygen atoms in total. The van der Waals surface area contributed by atoms with Crippen LogP contribution in [0.1, 0.15) is 67.7 Å². The van der Waals surface area contributed by atoms with Crippen molar-refractivity contribution in [3.05, 3.63) is 28.2 Å². The second kappa shape index (κ2) is 6.46. The van der Waals surface area contributed by atoms with Gasteiger partial charge in [0, 0.05) is 4.88 Å². The summed E-state index contributed by atoms with van der Waals surface area (Å²) in [5, 5.41) is 15.0. The van der Waals surface area contributed by atoms with Gasteiger partial charge < -0.3 is 0 Å². The smallest absolute Gasteiger partial charge is 0.174 e. The third kappa shape index (κ3) is 2.70. The van der Waals surface area contributed by atoms with Gasteiger partial charge in [-0.15, -0.1) is 16.4 Å². The molecule has 0 amide bonds. The van der Waals surface area contributed by atoms with Gasteiger partial charge in [-0.1, -0.05) is 25.3 Å². The van der Waals surface area contributed by atoms with E-state index in [1.807, 2.05) is 11.3 Å². The van der Waals surface area contributed by atoms with Crippen molar-refractivity contribution in [3.63, 3.8) is 0 Å². The Hall–Kier alpha value is -1.27. The van der Waals surface area contributed by atoms with E-state index in [2.05, 4.69) is 42.6 Å². The van der Waals surface area contributed by atoms with E-state index in [9.17, 15) is 0 Å². The number of aromatic nitrogens is 4. The highest BCUT2D eigenvalue weighted by atomic mass is 32.1. The first-order chi connectivity index (χ1) is 10.9. The maximum absolute atomic E-state index is 4.46. The minimum absolute atomic E-state index is 0.236. The molecule has 0 aromatic carbocycles. The Morgan fingerprint density at radius 2 is 1.91 bits per heavy atom.